The van der Waals surface area contributed by atoms with Gasteiger partial charge in [-0.15, -0.1) is 0 Å². The number of hydrogen-bond acceptors (Lipinski definition) is 6. The second kappa shape index (κ2) is 12.3. The van der Waals surface area contributed by atoms with E-state index in [0.717, 1.165) is 9.80 Å². The minimum absolute atomic E-state index is 0.261. The van der Waals surface area contributed by atoms with E-state index in [2.05, 4.69) is 0 Å². The van der Waals surface area contributed by atoms with Crippen molar-refractivity contribution in [1.29, 1.82) is 10.8 Å². The molecular formula is C36H30Cl2N4O4. The number of carbonyl (C=O) groups excluding carboxylic acids is 3. The maximum Gasteiger partial charge on any atom is 0.330 e. The van der Waals surface area contributed by atoms with Crippen LogP contribution < -0.4 is 0 Å². The summed E-state index contributed by atoms with van der Waals surface area (Å²) in [6.45, 7) is 0. The van der Waals surface area contributed by atoms with Gasteiger partial charge in [0, 0.05) is 35.3 Å². The van der Waals surface area contributed by atoms with Crippen molar-refractivity contribution in [3.63, 3.8) is 0 Å². The van der Waals surface area contributed by atoms with Crippen LogP contribution >= 0.6 is 23.2 Å². The third-order valence-electron chi connectivity index (χ3n) is 8.99. The molecule has 0 bridgehead atoms. The highest BCUT2D eigenvalue weighted by molar-refractivity contribution is 6.31. The fraction of sp³-hybridized carbons (Fsp3) is 0.194. The smallest absolute Gasteiger partial charge is 0.330 e. The van der Waals surface area contributed by atoms with E-state index < -0.39 is 47.1 Å². The van der Waals surface area contributed by atoms with Gasteiger partial charge in [-0.25, -0.2) is 4.79 Å². The number of urea groups is 1. The van der Waals surface area contributed by atoms with Gasteiger partial charge in [0.2, 0.25) is 0 Å². The van der Waals surface area contributed by atoms with Crippen LogP contribution in [0.1, 0.15) is 44.1 Å². The summed E-state index contributed by atoms with van der Waals surface area (Å²) in [5.74, 6) is -4.26. The number of benzene rings is 4. The monoisotopic (exact) mass is 652 g/mol. The zero-order valence-electron chi connectivity index (χ0n) is 25.0. The highest BCUT2D eigenvalue weighted by Crippen LogP contribution is 2.60. The van der Waals surface area contributed by atoms with E-state index in [4.69, 9.17) is 27.9 Å². The predicted molar refractivity (Wildman–Crippen MR) is 177 cm³/mol. The highest BCUT2D eigenvalue weighted by atomic mass is 35.5. The summed E-state index contributed by atoms with van der Waals surface area (Å²) in [5, 5.41) is 20.2. The topological polar surface area (TPSA) is 115 Å². The minimum atomic E-state index is -1.97. The van der Waals surface area contributed by atoms with Crippen molar-refractivity contribution in [3.05, 3.63) is 141 Å². The lowest BCUT2D eigenvalue weighted by Crippen LogP contribution is -2.72. The van der Waals surface area contributed by atoms with Crippen LogP contribution in [-0.4, -0.2) is 53.2 Å². The maximum absolute atomic E-state index is 15.0. The molecule has 46 heavy (non-hydrogen) atoms. The van der Waals surface area contributed by atoms with E-state index in [9.17, 15) is 25.2 Å². The lowest BCUT2D eigenvalue weighted by Gasteiger charge is -2.58. The van der Waals surface area contributed by atoms with Crippen molar-refractivity contribution < 1.29 is 19.1 Å². The average Bonchev–Trinajstić information content (AvgIpc) is 3.09. The van der Waals surface area contributed by atoms with Crippen LogP contribution in [0.25, 0.3) is 0 Å². The SMILES string of the molecule is CN1C(=N)C2(C(=N)N(C)C1=O)C(C(=O)c1ccc(Cl)cc1)C(c1ccccc1)OC(c1ccccc1)C2C(=O)c1ccc(Cl)cc1. The van der Waals surface area contributed by atoms with Gasteiger partial charge in [0.25, 0.3) is 0 Å². The zero-order valence-corrected chi connectivity index (χ0v) is 26.5. The Morgan fingerprint density at radius 3 is 1.33 bits per heavy atom. The van der Waals surface area contributed by atoms with Gasteiger partial charge < -0.3 is 4.74 Å². The average molecular weight is 654 g/mol. The Hall–Kier alpha value is -4.63. The Morgan fingerprint density at radius 2 is 0.978 bits per heavy atom. The number of rotatable bonds is 6. The molecule has 10 heteroatoms. The predicted octanol–water partition coefficient (Wildman–Crippen LogP) is 7.74. The lowest BCUT2D eigenvalue weighted by molar-refractivity contribution is -0.132. The van der Waals surface area contributed by atoms with Crippen molar-refractivity contribution >= 4 is 52.5 Å². The summed E-state index contributed by atoms with van der Waals surface area (Å²) in [6, 6.07) is 30.2. The van der Waals surface area contributed by atoms with Crippen molar-refractivity contribution in [2.24, 2.45) is 17.3 Å². The number of ether oxygens (including phenoxy) is 1. The van der Waals surface area contributed by atoms with E-state index in [1.165, 1.54) is 14.1 Å². The third kappa shape index (κ3) is 5.03. The molecule has 4 aromatic carbocycles. The van der Waals surface area contributed by atoms with Crippen molar-refractivity contribution in [3.8, 4) is 0 Å². The molecule has 0 saturated carbocycles. The van der Waals surface area contributed by atoms with Gasteiger partial charge in [0.1, 0.15) is 17.1 Å². The number of amidine groups is 2. The standard InChI is InChI=1S/C36H30Cl2N4O4/c1-41-33(39)36(34(40)42(2)35(41)45)27(29(43)21-13-17-25(37)18-14-21)31(23-9-5-3-6-10-23)46-32(24-11-7-4-8-12-24)28(36)30(44)22-15-19-26(38)20-16-22/h3-20,27-28,31-32,39-40H,1-2H3. The van der Waals surface area contributed by atoms with Crippen LogP contribution in [0.2, 0.25) is 10.0 Å². The molecule has 8 nitrogen and oxygen atoms in total. The summed E-state index contributed by atoms with van der Waals surface area (Å²) < 4.78 is 6.93. The van der Waals surface area contributed by atoms with Gasteiger partial charge >= 0.3 is 6.03 Å². The molecule has 2 fully saturated rings. The molecule has 6 rings (SSSR count). The van der Waals surface area contributed by atoms with E-state index in [1.807, 2.05) is 60.7 Å². The van der Waals surface area contributed by atoms with E-state index in [-0.39, 0.29) is 22.8 Å². The minimum Gasteiger partial charge on any atom is -0.364 e. The largest absolute Gasteiger partial charge is 0.364 e. The van der Waals surface area contributed by atoms with Crippen LogP contribution in [0.4, 0.5) is 4.79 Å². The highest BCUT2D eigenvalue weighted by Gasteiger charge is 2.69. The Balaban J connectivity index is 1.71. The molecule has 2 aliphatic rings. The molecule has 0 aliphatic carbocycles. The van der Waals surface area contributed by atoms with Crippen LogP contribution in [-0.2, 0) is 4.74 Å². The van der Waals surface area contributed by atoms with Gasteiger partial charge in [-0.3, -0.25) is 30.2 Å². The number of nitrogens with zero attached hydrogens (tertiary/aromatic N) is 2. The molecule has 2 saturated heterocycles. The third-order valence-corrected chi connectivity index (χ3v) is 9.49. The first kappa shape index (κ1) is 31.4. The fourth-order valence-electron chi connectivity index (χ4n) is 6.76. The van der Waals surface area contributed by atoms with E-state index >= 15 is 0 Å². The Labute approximate surface area is 276 Å². The molecule has 2 amide bonds. The van der Waals surface area contributed by atoms with Gasteiger partial charge in [-0.1, -0.05) is 83.9 Å². The first-order valence-electron chi connectivity index (χ1n) is 14.6. The lowest BCUT2D eigenvalue weighted by atomic mass is 9.53. The molecule has 0 aromatic heterocycles. The van der Waals surface area contributed by atoms with Crippen LogP contribution in [0.3, 0.4) is 0 Å². The summed E-state index contributed by atoms with van der Waals surface area (Å²) in [4.78, 5) is 45.6. The normalized spacial score (nSPS) is 24.7. The first-order valence-corrected chi connectivity index (χ1v) is 15.4. The Kier molecular flexibility index (Phi) is 8.37. The fourth-order valence-corrected chi connectivity index (χ4v) is 7.01. The summed E-state index contributed by atoms with van der Waals surface area (Å²) in [7, 11) is 2.85. The summed E-state index contributed by atoms with van der Waals surface area (Å²) in [6.07, 6.45) is -2.06. The Morgan fingerprint density at radius 1 is 0.630 bits per heavy atom. The van der Waals surface area contributed by atoms with Crippen molar-refractivity contribution in [1.82, 2.24) is 9.80 Å². The number of hydrogen-bond donors (Lipinski definition) is 2. The maximum atomic E-state index is 15.0. The van der Waals surface area contributed by atoms with E-state index in [1.54, 1.807) is 48.5 Å². The Bertz CT molecular complexity index is 1700. The summed E-state index contributed by atoms with van der Waals surface area (Å²) in [5.41, 5.74) is -0.205. The summed E-state index contributed by atoms with van der Waals surface area (Å²) >= 11 is 12.4. The number of Topliss-reactive ketones (excluding diaryl/α,β-unsaturated/α-hetero) is 2. The second-order valence-corrected chi connectivity index (χ2v) is 12.3. The first-order chi connectivity index (χ1) is 22.1. The number of ketones is 2. The van der Waals surface area contributed by atoms with Gasteiger partial charge in [0.15, 0.2) is 11.6 Å². The van der Waals surface area contributed by atoms with Crippen LogP contribution in [0.5, 0.6) is 0 Å². The number of nitrogens with one attached hydrogen (secondary N) is 2. The number of carbonyl (C=O) groups is 3. The molecule has 1 spiro atoms. The van der Waals surface area contributed by atoms with Gasteiger partial charge in [0.05, 0.1) is 24.0 Å². The quantitative estimate of drug-likeness (QED) is 0.207. The van der Waals surface area contributed by atoms with E-state index in [0.29, 0.717) is 21.2 Å². The molecule has 4 atom stereocenters. The van der Waals surface area contributed by atoms with Crippen LogP contribution in [0, 0.1) is 28.1 Å². The molecule has 2 aliphatic heterocycles. The molecule has 0 radical (unpaired) electrons. The van der Waals surface area contributed by atoms with Gasteiger partial charge in [-0.05, 0) is 59.7 Å². The van der Waals surface area contributed by atoms with Crippen molar-refractivity contribution in [2.45, 2.75) is 12.2 Å². The van der Waals surface area contributed by atoms with Gasteiger partial charge in [-0.2, -0.15) is 0 Å². The second-order valence-electron chi connectivity index (χ2n) is 11.5. The van der Waals surface area contributed by atoms with Crippen LogP contribution in [0.15, 0.2) is 109 Å². The zero-order chi connectivity index (χ0) is 32.7. The molecular weight excluding hydrogens is 623 g/mol. The molecule has 4 unspecified atom stereocenters. The molecule has 2 N–H and O–H groups in total. The molecule has 4 aromatic rings. The number of halogens is 2. The molecule has 2 heterocycles. The van der Waals surface area contributed by atoms with Crippen molar-refractivity contribution in [2.75, 3.05) is 14.1 Å². The molecule has 232 valence electrons. The number of amides is 2.